The summed E-state index contributed by atoms with van der Waals surface area (Å²) in [6.07, 6.45) is -4.49. The summed E-state index contributed by atoms with van der Waals surface area (Å²) >= 11 is 4.63. The van der Waals surface area contributed by atoms with Crippen molar-refractivity contribution in [2.45, 2.75) is 6.18 Å². The second kappa shape index (κ2) is 5.99. The summed E-state index contributed by atoms with van der Waals surface area (Å²) in [5.74, 6) is -0.500. The summed E-state index contributed by atoms with van der Waals surface area (Å²) in [7, 11) is 0. The van der Waals surface area contributed by atoms with Gasteiger partial charge in [-0.25, -0.2) is 4.39 Å². The van der Waals surface area contributed by atoms with Crippen molar-refractivity contribution in [1.82, 2.24) is 0 Å². The fourth-order valence-electron chi connectivity index (χ4n) is 1.65. The molecule has 0 fully saturated rings. The zero-order valence-electron chi connectivity index (χ0n) is 10.2. The van der Waals surface area contributed by atoms with Crippen LogP contribution >= 0.6 is 38.5 Å². The van der Waals surface area contributed by atoms with Crippen LogP contribution in [0.1, 0.15) is 5.56 Å². The predicted molar refractivity (Wildman–Crippen MR) is 86.0 cm³/mol. The van der Waals surface area contributed by atoms with E-state index in [1.807, 2.05) is 0 Å². The van der Waals surface area contributed by atoms with E-state index in [1.165, 1.54) is 18.2 Å². The number of hydrogen-bond donors (Lipinski definition) is 2. The summed E-state index contributed by atoms with van der Waals surface area (Å²) in [5.41, 5.74) is 5.53. The minimum Gasteiger partial charge on any atom is -0.397 e. The highest BCUT2D eigenvalue weighted by Crippen LogP contribution is 2.37. The zero-order valence-corrected chi connectivity index (χ0v) is 14.0. The lowest BCUT2D eigenvalue weighted by molar-refractivity contribution is -0.138. The van der Waals surface area contributed by atoms with Gasteiger partial charge in [-0.2, -0.15) is 13.2 Å². The van der Waals surface area contributed by atoms with E-state index in [0.29, 0.717) is 3.57 Å². The van der Waals surface area contributed by atoms with Crippen molar-refractivity contribution >= 4 is 55.6 Å². The van der Waals surface area contributed by atoms with Crippen molar-refractivity contribution in [3.8, 4) is 0 Å². The Bertz CT molecular complexity index is 689. The molecule has 0 bridgehead atoms. The molecule has 0 atom stereocenters. The van der Waals surface area contributed by atoms with Gasteiger partial charge in [0.2, 0.25) is 0 Å². The molecule has 0 heterocycles. The lowest BCUT2D eigenvalue weighted by atomic mass is 10.2. The molecular formula is C13H8BrF4IN2. The van der Waals surface area contributed by atoms with Crippen LogP contribution in [-0.2, 0) is 6.18 Å². The van der Waals surface area contributed by atoms with Gasteiger partial charge in [0.25, 0.3) is 0 Å². The first-order chi connectivity index (χ1) is 9.68. The Labute approximate surface area is 140 Å². The summed E-state index contributed by atoms with van der Waals surface area (Å²) in [5, 5.41) is 2.69. The third-order valence-corrected chi connectivity index (χ3v) is 4.16. The van der Waals surface area contributed by atoms with E-state index in [0.717, 1.165) is 12.1 Å². The van der Waals surface area contributed by atoms with Crippen LogP contribution in [0.4, 0.5) is 34.6 Å². The zero-order chi connectivity index (χ0) is 15.8. The first-order valence-corrected chi connectivity index (χ1v) is 7.44. The van der Waals surface area contributed by atoms with Crippen LogP contribution in [0.15, 0.2) is 34.8 Å². The molecule has 0 radical (unpaired) electrons. The molecule has 2 rings (SSSR count). The number of nitrogens with two attached hydrogens (primary N) is 1. The van der Waals surface area contributed by atoms with Gasteiger partial charge in [-0.05, 0) is 46.9 Å². The maximum absolute atomic E-state index is 13.5. The summed E-state index contributed by atoms with van der Waals surface area (Å²) in [6, 6.07) is 6.19. The van der Waals surface area contributed by atoms with Crippen molar-refractivity contribution in [3.63, 3.8) is 0 Å². The van der Waals surface area contributed by atoms with Gasteiger partial charge in [0.1, 0.15) is 5.82 Å². The average molecular weight is 475 g/mol. The van der Waals surface area contributed by atoms with E-state index >= 15 is 0 Å². The maximum Gasteiger partial charge on any atom is 0.417 e. The van der Waals surface area contributed by atoms with Crippen molar-refractivity contribution in [2.24, 2.45) is 0 Å². The third kappa shape index (κ3) is 3.79. The van der Waals surface area contributed by atoms with Gasteiger partial charge in [0.15, 0.2) is 0 Å². The van der Waals surface area contributed by atoms with Crippen LogP contribution in [0.2, 0.25) is 0 Å². The SMILES string of the molecule is Nc1cc(I)c(F)cc1Nc1ccc(Br)c(C(F)(F)F)c1. The van der Waals surface area contributed by atoms with Gasteiger partial charge in [-0.15, -0.1) is 0 Å². The second-order valence-corrected chi connectivity index (χ2v) is 6.19. The second-order valence-electron chi connectivity index (χ2n) is 4.17. The van der Waals surface area contributed by atoms with Crippen LogP contribution < -0.4 is 11.1 Å². The fraction of sp³-hybridized carbons (Fsp3) is 0.0769. The summed E-state index contributed by atoms with van der Waals surface area (Å²) < 4.78 is 52.2. The highest BCUT2D eigenvalue weighted by Gasteiger charge is 2.33. The molecule has 0 amide bonds. The first kappa shape index (κ1) is 16.3. The third-order valence-electron chi connectivity index (χ3n) is 2.64. The van der Waals surface area contributed by atoms with Crippen LogP contribution in [-0.4, -0.2) is 0 Å². The molecule has 0 spiro atoms. The summed E-state index contributed by atoms with van der Waals surface area (Å²) in [4.78, 5) is 0. The monoisotopic (exact) mass is 474 g/mol. The normalized spacial score (nSPS) is 11.5. The van der Waals surface area contributed by atoms with E-state index < -0.39 is 17.6 Å². The number of nitrogen functional groups attached to an aromatic ring is 1. The average Bonchev–Trinajstić information content (AvgIpc) is 2.37. The Balaban J connectivity index is 2.39. The minimum absolute atomic E-state index is 0.0673. The standard InChI is InChI=1S/C13H8BrF4IN2/c14-8-2-1-6(3-7(8)13(16,17)18)21-12-4-9(15)10(19)5-11(12)20/h1-5,21H,20H2. The molecule has 3 N–H and O–H groups in total. The number of rotatable bonds is 2. The number of alkyl halides is 3. The first-order valence-electron chi connectivity index (χ1n) is 5.57. The molecule has 21 heavy (non-hydrogen) atoms. The van der Waals surface area contributed by atoms with Crippen LogP contribution in [0, 0.1) is 9.39 Å². The molecule has 0 saturated carbocycles. The molecule has 0 aliphatic rings. The van der Waals surface area contributed by atoms with Crippen molar-refractivity contribution < 1.29 is 17.6 Å². The molecule has 0 aliphatic carbocycles. The highest BCUT2D eigenvalue weighted by molar-refractivity contribution is 14.1. The van der Waals surface area contributed by atoms with Crippen LogP contribution in [0.25, 0.3) is 0 Å². The Morgan fingerprint density at radius 1 is 1.14 bits per heavy atom. The summed E-state index contributed by atoms with van der Waals surface area (Å²) in [6.45, 7) is 0. The van der Waals surface area contributed by atoms with Crippen molar-refractivity contribution in [1.29, 1.82) is 0 Å². The smallest absolute Gasteiger partial charge is 0.397 e. The Morgan fingerprint density at radius 3 is 2.43 bits per heavy atom. The Kier molecular flexibility index (Phi) is 4.66. The number of nitrogens with one attached hydrogen (secondary N) is 1. The van der Waals surface area contributed by atoms with Gasteiger partial charge in [-0.1, -0.05) is 15.9 Å². The molecule has 112 valence electrons. The quantitative estimate of drug-likeness (QED) is 0.341. The molecule has 0 saturated heterocycles. The van der Waals surface area contributed by atoms with E-state index in [4.69, 9.17) is 5.73 Å². The van der Waals surface area contributed by atoms with E-state index in [-0.39, 0.29) is 21.5 Å². The molecule has 8 heteroatoms. The van der Waals surface area contributed by atoms with Crippen molar-refractivity contribution in [2.75, 3.05) is 11.1 Å². The predicted octanol–water partition coefficient (Wildman–Crippen LogP) is 5.54. The topological polar surface area (TPSA) is 38.0 Å². The van der Waals surface area contributed by atoms with E-state index in [2.05, 4.69) is 21.2 Å². The van der Waals surface area contributed by atoms with Gasteiger partial charge in [0.05, 0.1) is 20.5 Å². The van der Waals surface area contributed by atoms with Crippen LogP contribution in [0.5, 0.6) is 0 Å². The number of anilines is 3. The van der Waals surface area contributed by atoms with E-state index in [9.17, 15) is 17.6 Å². The van der Waals surface area contributed by atoms with Gasteiger partial charge in [0, 0.05) is 16.2 Å². The van der Waals surface area contributed by atoms with E-state index in [1.54, 1.807) is 22.6 Å². The van der Waals surface area contributed by atoms with Crippen LogP contribution in [0.3, 0.4) is 0 Å². The molecule has 0 aliphatic heterocycles. The maximum atomic E-state index is 13.5. The molecule has 0 unspecified atom stereocenters. The van der Waals surface area contributed by atoms with Gasteiger partial charge in [-0.3, -0.25) is 0 Å². The number of hydrogen-bond acceptors (Lipinski definition) is 2. The Morgan fingerprint density at radius 2 is 1.81 bits per heavy atom. The van der Waals surface area contributed by atoms with Gasteiger partial charge >= 0.3 is 6.18 Å². The number of benzene rings is 2. The molecule has 2 aromatic carbocycles. The largest absolute Gasteiger partial charge is 0.417 e. The van der Waals surface area contributed by atoms with Crippen molar-refractivity contribution in [3.05, 3.63) is 49.8 Å². The van der Waals surface area contributed by atoms with Gasteiger partial charge < -0.3 is 11.1 Å². The fourth-order valence-corrected chi connectivity index (χ4v) is 2.61. The minimum atomic E-state index is -4.49. The lowest BCUT2D eigenvalue weighted by Gasteiger charge is -2.14. The molecule has 2 nitrogen and oxygen atoms in total. The highest BCUT2D eigenvalue weighted by atomic mass is 127. The molecule has 0 aromatic heterocycles. The lowest BCUT2D eigenvalue weighted by Crippen LogP contribution is -2.07. The molecular weight excluding hydrogens is 467 g/mol. The Hall–Kier alpha value is -1.03. The molecule has 2 aromatic rings. The number of halogens is 6.